The zero-order valence-corrected chi connectivity index (χ0v) is 46.2. The minimum atomic E-state index is -1.58. The fourth-order valence-corrected chi connectivity index (χ4v) is 11.0. The van der Waals surface area contributed by atoms with Crippen molar-refractivity contribution >= 4 is 108 Å². The quantitative estimate of drug-likeness (QED) is 0.0161. The van der Waals surface area contributed by atoms with Crippen molar-refractivity contribution in [3.8, 4) is 0 Å². The number of aliphatic imine (C=N–C) groups is 1. The highest BCUT2D eigenvalue weighted by Gasteiger charge is 2.36. The molecule has 0 unspecified atom stereocenters. The predicted molar refractivity (Wildman–Crippen MR) is 304 cm³/mol. The van der Waals surface area contributed by atoms with Crippen LogP contribution in [0.2, 0.25) is 0 Å². The van der Waals surface area contributed by atoms with Gasteiger partial charge in [0.05, 0.1) is 18.5 Å². The Morgan fingerprint density at radius 1 is 0.756 bits per heavy atom. The topological polar surface area (TPSA) is 402 Å². The molecule has 6 rings (SSSR count). The number of carbonyl (C=O) groups is 8. The van der Waals surface area contributed by atoms with Gasteiger partial charge < -0.3 is 75.2 Å². The van der Waals surface area contributed by atoms with Gasteiger partial charge in [0.1, 0.15) is 42.3 Å². The van der Waals surface area contributed by atoms with Crippen molar-refractivity contribution in [2.75, 3.05) is 18.1 Å². The standard InChI is InChI=1S/C51H64IN15O9S2/c1-27(68)42(43(54)69)67-50(76)41-25-78-77-24-40(65-44(70)34(53)18-28-8-3-2-4-9-28)49(75)64-39(21-32-23-57-26-60-32)48(74)62-37(19-29-13-15-31(52)16-14-29)46(72)61-36(12-7-17-58-51(55)56)45(71)63-38(47(73)66-41)20-30-22-59-35-11-6-5-10-33(30)35/h2-6,8-11,13-16,22-23,26-27,34,36-42,59,68H,7,12,17-21,24-25,53H2,1H3,(H2,54,69)(H,57,60)(H,61,72)(H,62,74)(H,63,71)(H,64,75)(H,65,70)(H,66,73)(H,67,76)(H4,55,56,58)/t27-,34-,36+,37-,38+,39+,40+,41+,42+/m1/s1. The van der Waals surface area contributed by atoms with E-state index in [2.05, 4.69) is 79.8 Å². The molecule has 1 saturated heterocycles. The number of nitrogens with one attached hydrogen (secondary N) is 9. The molecule has 9 atom stereocenters. The molecule has 0 aliphatic carbocycles. The number of aliphatic hydroxyl groups is 1. The second-order valence-electron chi connectivity index (χ2n) is 18.5. The third kappa shape index (κ3) is 18.2. The summed E-state index contributed by atoms with van der Waals surface area (Å²) in [6.07, 6.45) is 2.86. The van der Waals surface area contributed by atoms with Crippen LogP contribution in [0.15, 0.2) is 103 Å². The van der Waals surface area contributed by atoms with Gasteiger partial charge in [0, 0.05) is 69.9 Å². The molecule has 5 aromatic rings. The van der Waals surface area contributed by atoms with Crippen LogP contribution in [0.3, 0.4) is 0 Å². The maximum atomic E-state index is 14.8. The molecule has 27 heteroatoms. The number of nitrogens with two attached hydrogens (primary N) is 4. The van der Waals surface area contributed by atoms with Crippen LogP contribution in [0, 0.1) is 3.57 Å². The van der Waals surface area contributed by atoms with E-state index in [1.165, 1.54) is 19.4 Å². The minimum absolute atomic E-state index is 0.0463. The average Bonchev–Trinajstić information content (AvgIpc) is 4.09. The number of guanidine groups is 1. The van der Waals surface area contributed by atoms with Gasteiger partial charge in [0.25, 0.3) is 0 Å². The fourth-order valence-electron chi connectivity index (χ4n) is 8.28. The summed E-state index contributed by atoms with van der Waals surface area (Å²) >= 11 is 2.13. The molecule has 1 aliphatic heterocycles. The number of carbonyl (C=O) groups excluding carboxylic acids is 8. The molecular formula is C51H64IN15O9S2. The number of primary amides is 1. The van der Waals surface area contributed by atoms with Crippen molar-refractivity contribution in [3.05, 3.63) is 124 Å². The van der Waals surface area contributed by atoms with Gasteiger partial charge in [-0.1, -0.05) is 82.3 Å². The number of hydrogen-bond donors (Lipinski definition) is 14. The molecule has 3 heterocycles. The highest BCUT2D eigenvalue weighted by Crippen LogP contribution is 2.25. The van der Waals surface area contributed by atoms with E-state index in [0.717, 1.165) is 41.6 Å². The summed E-state index contributed by atoms with van der Waals surface area (Å²) in [6.45, 7) is 1.29. The number of amides is 8. The summed E-state index contributed by atoms with van der Waals surface area (Å²) in [5.41, 5.74) is 26.3. The van der Waals surface area contributed by atoms with Crippen molar-refractivity contribution < 1.29 is 43.5 Å². The number of rotatable bonds is 18. The Hall–Kier alpha value is -7.21. The van der Waals surface area contributed by atoms with Gasteiger partial charge in [0.15, 0.2) is 5.96 Å². The van der Waals surface area contributed by atoms with Gasteiger partial charge >= 0.3 is 0 Å². The Balaban J connectivity index is 1.42. The Bertz CT molecular complexity index is 2890. The molecule has 1 aliphatic rings. The lowest BCUT2D eigenvalue weighted by Gasteiger charge is -2.28. The molecular weight excluding hydrogens is 1160 g/mol. The highest BCUT2D eigenvalue weighted by molar-refractivity contribution is 14.1. The first kappa shape index (κ1) is 60.0. The lowest BCUT2D eigenvalue weighted by molar-refractivity contribution is -0.135. The molecule has 0 saturated carbocycles. The molecule has 0 spiro atoms. The van der Waals surface area contributed by atoms with Gasteiger partial charge in [0.2, 0.25) is 47.3 Å². The number of nitrogens with zero attached hydrogens (tertiary/aromatic N) is 2. The second-order valence-corrected chi connectivity index (χ2v) is 22.3. The maximum absolute atomic E-state index is 14.8. The van der Waals surface area contributed by atoms with Crippen LogP contribution in [0.1, 0.15) is 42.1 Å². The highest BCUT2D eigenvalue weighted by atomic mass is 127. The van der Waals surface area contributed by atoms with Gasteiger partial charge in [-0.15, -0.1) is 0 Å². The Labute approximate surface area is 470 Å². The van der Waals surface area contributed by atoms with E-state index in [4.69, 9.17) is 22.9 Å². The Morgan fingerprint density at radius 3 is 2.04 bits per heavy atom. The van der Waals surface area contributed by atoms with Crippen molar-refractivity contribution in [3.63, 3.8) is 0 Å². The van der Waals surface area contributed by atoms with E-state index in [9.17, 15) is 43.5 Å². The minimum Gasteiger partial charge on any atom is -0.391 e. The number of aliphatic hydroxyl groups excluding tert-OH is 1. The first-order chi connectivity index (χ1) is 37.3. The van der Waals surface area contributed by atoms with E-state index in [-0.39, 0.29) is 62.5 Å². The maximum Gasteiger partial charge on any atom is 0.244 e. The van der Waals surface area contributed by atoms with Crippen LogP contribution in [0.5, 0.6) is 0 Å². The number of benzene rings is 3. The summed E-state index contributed by atoms with van der Waals surface area (Å²) < 4.78 is 0.896. The third-order valence-corrected chi connectivity index (χ3v) is 15.6. The SMILES string of the molecule is C[C@@H](O)[C@H](NC(=O)[C@@H]1CSSC[C@H](NC(=O)[C@H](N)Cc2ccccc2)C(=O)N[C@@H](Cc2cnc[nH]2)C(=O)N[C@H](Cc2ccc(I)cc2)C(=O)N[C@@H](CCCN=C(N)N)C(=O)N[C@@H](Cc2c[nH]c3ccccc23)C(=O)N1)C(N)=O. The molecule has 24 nitrogen and oxygen atoms in total. The smallest absolute Gasteiger partial charge is 0.244 e. The fraction of sp³-hybridized carbons (Fsp3) is 0.373. The molecule has 0 bridgehead atoms. The average molecular weight is 1220 g/mol. The molecule has 416 valence electrons. The molecule has 18 N–H and O–H groups in total. The first-order valence-electron chi connectivity index (χ1n) is 24.8. The van der Waals surface area contributed by atoms with Crippen molar-refractivity contribution in [2.24, 2.45) is 27.9 Å². The summed E-state index contributed by atoms with van der Waals surface area (Å²) in [5, 5.41) is 30.1. The lowest BCUT2D eigenvalue weighted by atomic mass is 10.0. The number of aromatic amines is 2. The normalized spacial score (nSPS) is 21.3. The van der Waals surface area contributed by atoms with Gasteiger partial charge in [-0.2, -0.15) is 0 Å². The molecule has 78 heavy (non-hydrogen) atoms. The number of aromatic nitrogens is 3. The molecule has 3 aromatic carbocycles. The molecule has 1 fully saturated rings. The summed E-state index contributed by atoms with van der Waals surface area (Å²) in [7, 11) is 2.01. The molecule has 0 radical (unpaired) electrons. The summed E-state index contributed by atoms with van der Waals surface area (Å²) in [5.74, 6) is -7.49. The zero-order chi connectivity index (χ0) is 56.3. The van der Waals surface area contributed by atoms with E-state index in [1.807, 2.05) is 36.4 Å². The number of halogens is 1. The van der Waals surface area contributed by atoms with Crippen molar-refractivity contribution in [1.29, 1.82) is 0 Å². The first-order valence-corrected chi connectivity index (χ1v) is 28.4. The van der Waals surface area contributed by atoms with Gasteiger partial charge in [-0.25, -0.2) is 4.98 Å². The van der Waals surface area contributed by atoms with Crippen LogP contribution < -0.4 is 60.2 Å². The third-order valence-electron chi connectivity index (χ3n) is 12.4. The van der Waals surface area contributed by atoms with Gasteiger partial charge in [-0.05, 0) is 83.7 Å². The number of para-hydroxylation sites is 1. The number of imidazole rings is 1. The van der Waals surface area contributed by atoms with Crippen LogP contribution in [-0.2, 0) is 64.0 Å². The zero-order valence-electron chi connectivity index (χ0n) is 42.4. The molecule has 8 amide bonds. The van der Waals surface area contributed by atoms with E-state index in [0.29, 0.717) is 16.8 Å². The largest absolute Gasteiger partial charge is 0.391 e. The van der Waals surface area contributed by atoms with Gasteiger partial charge in [-0.3, -0.25) is 43.3 Å². The number of hydrogen-bond acceptors (Lipinski definition) is 14. The summed E-state index contributed by atoms with van der Waals surface area (Å²) in [6, 6.07) is 12.2. The van der Waals surface area contributed by atoms with Crippen molar-refractivity contribution in [1.82, 2.24) is 52.2 Å². The number of fused-ring (bicyclic) bond motifs is 1. The van der Waals surface area contributed by atoms with Crippen LogP contribution in [0.25, 0.3) is 10.9 Å². The van der Waals surface area contributed by atoms with E-state index < -0.39 is 102 Å². The monoisotopic (exact) mass is 1220 g/mol. The number of H-pyrrole nitrogens is 2. The van der Waals surface area contributed by atoms with E-state index in [1.54, 1.807) is 48.7 Å². The second kappa shape index (κ2) is 29.5. The van der Waals surface area contributed by atoms with Crippen LogP contribution in [0.4, 0.5) is 0 Å². The van der Waals surface area contributed by atoms with Crippen LogP contribution >= 0.6 is 44.2 Å². The molecule has 2 aromatic heterocycles. The van der Waals surface area contributed by atoms with Crippen molar-refractivity contribution in [2.45, 2.75) is 99.9 Å². The lowest BCUT2D eigenvalue weighted by Crippen LogP contribution is -2.61. The Kier molecular flexibility index (Phi) is 22.7. The predicted octanol–water partition coefficient (Wildman–Crippen LogP) is -1.20. The summed E-state index contributed by atoms with van der Waals surface area (Å²) in [4.78, 5) is 128. The van der Waals surface area contributed by atoms with Crippen LogP contribution in [-0.4, -0.2) is 146 Å². The van der Waals surface area contributed by atoms with E-state index >= 15 is 0 Å². The Morgan fingerprint density at radius 2 is 1.37 bits per heavy atom.